The van der Waals surface area contributed by atoms with Gasteiger partial charge in [-0.3, -0.25) is 0 Å². The van der Waals surface area contributed by atoms with E-state index in [9.17, 15) is 4.39 Å². The molecule has 0 atom stereocenters. The molecule has 3 rings (SSSR count). The standard InChI is InChI=1S/C14H9FN2/c15-13-11-8-4-5-9-12(11)16-14(17-13)10-6-2-1-3-7-10/h1-9H. The van der Waals surface area contributed by atoms with E-state index in [4.69, 9.17) is 0 Å². The van der Waals surface area contributed by atoms with Crippen molar-refractivity contribution in [3.8, 4) is 11.4 Å². The Morgan fingerprint density at radius 1 is 0.765 bits per heavy atom. The molecule has 3 aromatic rings. The van der Waals surface area contributed by atoms with Crippen molar-refractivity contribution in [2.24, 2.45) is 0 Å². The minimum Gasteiger partial charge on any atom is -0.228 e. The molecule has 0 aliphatic heterocycles. The molecule has 82 valence electrons. The van der Waals surface area contributed by atoms with E-state index in [1.165, 1.54) is 0 Å². The van der Waals surface area contributed by atoms with Crippen molar-refractivity contribution in [3.63, 3.8) is 0 Å². The van der Waals surface area contributed by atoms with Crippen LogP contribution in [0.5, 0.6) is 0 Å². The second-order valence-corrected chi connectivity index (χ2v) is 3.72. The SMILES string of the molecule is Fc1nc(-c2ccccc2)nc2ccccc12. The second kappa shape index (κ2) is 3.94. The quantitative estimate of drug-likeness (QED) is 0.592. The van der Waals surface area contributed by atoms with Crippen molar-refractivity contribution < 1.29 is 4.39 Å². The minimum absolute atomic E-state index is 0.418. The molecule has 0 amide bonds. The summed E-state index contributed by atoms with van der Waals surface area (Å²) >= 11 is 0. The summed E-state index contributed by atoms with van der Waals surface area (Å²) in [5.41, 5.74) is 1.44. The van der Waals surface area contributed by atoms with Crippen LogP contribution in [0.3, 0.4) is 0 Å². The first kappa shape index (κ1) is 9.90. The molecule has 0 aliphatic carbocycles. The van der Waals surface area contributed by atoms with Crippen LogP contribution in [0.15, 0.2) is 54.6 Å². The number of benzene rings is 2. The van der Waals surface area contributed by atoms with Gasteiger partial charge >= 0.3 is 0 Å². The van der Waals surface area contributed by atoms with Crippen LogP contribution in [0, 0.1) is 5.95 Å². The van der Waals surface area contributed by atoms with Gasteiger partial charge in [-0.25, -0.2) is 4.98 Å². The first-order valence-electron chi connectivity index (χ1n) is 5.32. The van der Waals surface area contributed by atoms with Crippen molar-refractivity contribution in [2.45, 2.75) is 0 Å². The highest BCUT2D eigenvalue weighted by Crippen LogP contribution is 2.20. The Morgan fingerprint density at radius 3 is 2.29 bits per heavy atom. The third-order valence-corrected chi connectivity index (χ3v) is 2.59. The Morgan fingerprint density at radius 2 is 1.47 bits per heavy atom. The zero-order valence-corrected chi connectivity index (χ0v) is 8.97. The van der Waals surface area contributed by atoms with Gasteiger partial charge in [0.1, 0.15) is 0 Å². The normalized spacial score (nSPS) is 10.6. The predicted octanol–water partition coefficient (Wildman–Crippen LogP) is 3.44. The molecule has 0 N–H and O–H groups in total. The predicted molar refractivity (Wildman–Crippen MR) is 64.9 cm³/mol. The molecule has 1 aromatic heterocycles. The van der Waals surface area contributed by atoms with Gasteiger partial charge in [-0.2, -0.15) is 9.37 Å². The molecule has 0 bridgehead atoms. The van der Waals surface area contributed by atoms with Crippen molar-refractivity contribution in [2.75, 3.05) is 0 Å². The summed E-state index contributed by atoms with van der Waals surface area (Å²) in [4.78, 5) is 8.25. The Balaban J connectivity index is 2.26. The maximum absolute atomic E-state index is 13.8. The molecule has 17 heavy (non-hydrogen) atoms. The van der Waals surface area contributed by atoms with Crippen molar-refractivity contribution in [1.82, 2.24) is 9.97 Å². The van der Waals surface area contributed by atoms with E-state index in [1.54, 1.807) is 18.2 Å². The molecule has 0 unspecified atom stereocenters. The Kier molecular flexibility index (Phi) is 2.29. The number of fused-ring (bicyclic) bond motifs is 1. The molecular formula is C14H9FN2. The smallest absolute Gasteiger partial charge is 0.224 e. The lowest BCUT2D eigenvalue weighted by Gasteiger charge is -2.03. The Bertz CT molecular complexity index is 665. The summed E-state index contributed by atoms with van der Waals surface area (Å²) in [6.07, 6.45) is 0. The van der Waals surface area contributed by atoms with Gasteiger partial charge in [0.05, 0.1) is 10.9 Å². The summed E-state index contributed by atoms with van der Waals surface area (Å²) in [6.45, 7) is 0. The van der Waals surface area contributed by atoms with Crippen LogP contribution in [0.4, 0.5) is 4.39 Å². The van der Waals surface area contributed by atoms with E-state index in [0.29, 0.717) is 16.7 Å². The van der Waals surface area contributed by atoms with Gasteiger partial charge in [0, 0.05) is 5.56 Å². The van der Waals surface area contributed by atoms with Gasteiger partial charge < -0.3 is 0 Å². The van der Waals surface area contributed by atoms with E-state index < -0.39 is 5.95 Å². The molecule has 0 saturated carbocycles. The molecule has 0 aliphatic rings. The number of hydrogen-bond acceptors (Lipinski definition) is 2. The monoisotopic (exact) mass is 224 g/mol. The molecule has 1 heterocycles. The minimum atomic E-state index is -0.477. The van der Waals surface area contributed by atoms with E-state index in [-0.39, 0.29) is 0 Å². The van der Waals surface area contributed by atoms with E-state index >= 15 is 0 Å². The second-order valence-electron chi connectivity index (χ2n) is 3.72. The van der Waals surface area contributed by atoms with Crippen LogP contribution in [0.25, 0.3) is 22.3 Å². The van der Waals surface area contributed by atoms with E-state index in [1.807, 2.05) is 36.4 Å². The highest BCUT2D eigenvalue weighted by atomic mass is 19.1. The Hall–Kier alpha value is -2.29. The van der Waals surface area contributed by atoms with Gasteiger partial charge in [0.25, 0.3) is 0 Å². The molecule has 3 heteroatoms. The van der Waals surface area contributed by atoms with Crippen LogP contribution >= 0.6 is 0 Å². The first-order chi connectivity index (χ1) is 8.34. The summed E-state index contributed by atoms with van der Waals surface area (Å²) in [5, 5.41) is 0.451. The summed E-state index contributed by atoms with van der Waals surface area (Å²) in [7, 11) is 0. The van der Waals surface area contributed by atoms with Gasteiger partial charge in [0.15, 0.2) is 5.82 Å². The molecule has 0 radical (unpaired) electrons. The fraction of sp³-hybridized carbons (Fsp3) is 0. The zero-order chi connectivity index (χ0) is 11.7. The number of nitrogens with zero attached hydrogens (tertiary/aromatic N) is 2. The van der Waals surface area contributed by atoms with Gasteiger partial charge in [-0.15, -0.1) is 0 Å². The fourth-order valence-electron chi connectivity index (χ4n) is 1.75. The average Bonchev–Trinajstić information content (AvgIpc) is 2.40. The molecule has 0 saturated heterocycles. The molecule has 0 fully saturated rings. The lowest BCUT2D eigenvalue weighted by molar-refractivity contribution is 0.595. The lowest BCUT2D eigenvalue weighted by atomic mass is 10.2. The van der Waals surface area contributed by atoms with Crippen LogP contribution in [0.1, 0.15) is 0 Å². The topological polar surface area (TPSA) is 25.8 Å². The number of aromatic nitrogens is 2. The first-order valence-corrected chi connectivity index (χ1v) is 5.32. The molecule has 2 nitrogen and oxygen atoms in total. The highest BCUT2D eigenvalue weighted by Gasteiger charge is 2.07. The van der Waals surface area contributed by atoms with Crippen molar-refractivity contribution in [3.05, 3.63) is 60.5 Å². The number of para-hydroxylation sites is 1. The summed E-state index contributed by atoms with van der Waals surface area (Å²) < 4.78 is 13.8. The molecule has 0 spiro atoms. The fourth-order valence-corrected chi connectivity index (χ4v) is 1.75. The molecule has 2 aromatic carbocycles. The molecular weight excluding hydrogens is 215 g/mol. The van der Waals surface area contributed by atoms with E-state index in [0.717, 1.165) is 5.56 Å². The van der Waals surface area contributed by atoms with Crippen LogP contribution in [-0.4, -0.2) is 9.97 Å². The van der Waals surface area contributed by atoms with Crippen molar-refractivity contribution >= 4 is 10.9 Å². The van der Waals surface area contributed by atoms with E-state index in [2.05, 4.69) is 9.97 Å². The zero-order valence-electron chi connectivity index (χ0n) is 8.97. The largest absolute Gasteiger partial charge is 0.228 e. The van der Waals surface area contributed by atoms with Crippen LogP contribution in [-0.2, 0) is 0 Å². The third-order valence-electron chi connectivity index (χ3n) is 2.59. The number of hydrogen-bond donors (Lipinski definition) is 0. The average molecular weight is 224 g/mol. The Labute approximate surface area is 97.8 Å². The van der Waals surface area contributed by atoms with Gasteiger partial charge in [-0.1, -0.05) is 42.5 Å². The number of rotatable bonds is 1. The van der Waals surface area contributed by atoms with Crippen LogP contribution in [0.2, 0.25) is 0 Å². The summed E-state index contributed by atoms with van der Waals surface area (Å²) in [5.74, 6) is -0.0590. The summed E-state index contributed by atoms with van der Waals surface area (Å²) in [6, 6.07) is 16.5. The van der Waals surface area contributed by atoms with Crippen molar-refractivity contribution in [1.29, 1.82) is 0 Å². The highest BCUT2D eigenvalue weighted by molar-refractivity contribution is 5.80. The lowest BCUT2D eigenvalue weighted by Crippen LogP contribution is -1.94. The maximum atomic E-state index is 13.8. The van der Waals surface area contributed by atoms with Crippen LogP contribution < -0.4 is 0 Å². The van der Waals surface area contributed by atoms with Gasteiger partial charge in [-0.05, 0) is 12.1 Å². The maximum Gasteiger partial charge on any atom is 0.224 e. The third kappa shape index (κ3) is 1.76. The van der Waals surface area contributed by atoms with Gasteiger partial charge in [0.2, 0.25) is 5.95 Å². The number of halogens is 1.